The summed E-state index contributed by atoms with van der Waals surface area (Å²) in [5.74, 6) is -0.444. The number of hydroxylamine groups is 1. The Morgan fingerprint density at radius 1 is 1.12 bits per heavy atom. The molecule has 2 N–H and O–H groups in total. The number of aryl methyl sites for hydroxylation is 1. The lowest BCUT2D eigenvalue weighted by atomic mass is 10.0. The van der Waals surface area contributed by atoms with Crippen LogP contribution in [0.15, 0.2) is 66.9 Å². The van der Waals surface area contributed by atoms with Crippen molar-refractivity contribution in [2.24, 2.45) is 0 Å². The van der Waals surface area contributed by atoms with Crippen molar-refractivity contribution in [3.63, 3.8) is 0 Å². The van der Waals surface area contributed by atoms with Gasteiger partial charge in [0, 0.05) is 30.9 Å². The third kappa shape index (κ3) is 3.90. The predicted molar refractivity (Wildman–Crippen MR) is 103 cm³/mol. The summed E-state index contributed by atoms with van der Waals surface area (Å²) in [6.45, 7) is 3.83. The zero-order valence-electron chi connectivity index (χ0n) is 14.8. The average Bonchev–Trinajstić information content (AvgIpc) is 2.67. The molecule has 26 heavy (non-hydrogen) atoms. The van der Waals surface area contributed by atoms with Crippen LogP contribution in [-0.2, 0) is 11.3 Å². The van der Waals surface area contributed by atoms with E-state index >= 15 is 0 Å². The van der Waals surface area contributed by atoms with Gasteiger partial charge >= 0.3 is 0 Å². The molecule has 0 aliphatic heterocycles. The second-order valence-corrected chi connectivity index (χ2v) is 6.06. The molecule has 0 aliphatic carbocycles. The second-order valence-electron chi connectivity index (χ2n) is 6.06. The highest BCUT2D eigenvalue weighted by atomic mass is 16.5. The summed E-state index contributed by atoms with van der Waals surface area (Å²) in [5.41, 5.74) is 5.02. The van der Waals surface area contributed by atoms with Crippen molar-refractivity contribution in [1.82, 2.24) is 4.98 Å². The third-order valence-electron chi connectivity index (χ3n) is 4.19. The molecule has 1 amide bonds. The first-order valence-corrected chi connectivity index (χ1v) is 8.39. The Bertz CT molecular complexity index is 910. The number of para-hydroxylation sites is 1. The Hall–Kier alpha value is -3.18. The number of aromatic nitrogens is 1. The molecular formula is C21H21N3O2. The smallest absolute Gasteiger partial charge is 0.247 e. The summed E-state index contributed by atoms with van der Waals surface area (Å²) in [7, 11) is 0. The standard InChI is InChI=1S/C21H21N3O2/c1-15-7-3-4-8-19(15)23-14-18-11-10-17(20-9-5-6-12-22-20)13-21(18)24(26)16(2)25/h3-13,23,26H,14H2,1-2H3. The molecule has 0 saturated carbocycles. The monoisotopic (exact) mass is 347 g/mol. The van der Waals surface area contributed by atoms with Gasteiger partial charge in [-0.2, -0.15) is 5.06 Å². The maximum absolute atomic E-state index is 11.7. The molecule has 0 fully saturated rings. The van der Waals surface area contributed by atoms with Crippen molar-refractivity contribution in [3.05, 3.63) is 78.0 Å². The molecule has 0 unspecified atom stereocenters. The fourth-order valence-corrected chi connectivity index (χ4v) is 2.73. The molecule has 5 heteroatoms. The molecule has 132 valence electrons. The number of nitrogens with zero attached hydrogens (tertiary/aromatic N) is 2. The molecule has 1 aromatic heterocycles. The lowest BCUT2D eigenvalue weighted by Gasteiger charge is -2.19. The van der Waals surface area contributed by atoms with E-state index in [0.717, 1.165) is 28.1 Å². The van der Waals surface area contributed by atoms with Crippen LogP contribution in [0.3, 0.4) is 0 Å². The molecule has 3 aromatic rings. The minimum Gasteiger partial charge on any atom is -0.381 e. The zero-order chi connectivity index (χ0) is 18.5. The number of benzene rings is 2. The molecule has 0 saturated heterocycles. The minimum absolute atomic E-state index is 0.444. The molecule has 0 radical (unpaired) electrons. The van der Waals surface area contributed by atoms with Gasteiger partial charge in [0.15, 0.2) is 0 Å². The number of hydrogen-bond donors (Lipinski definition) is 2. The molecular weight excluding hydrogens is 326 g/mol. The van der Waals surface area contributed by atoms with E-state index in [2.05, 4.69) is 10.3 Å². The predicted octanol–water partition coefficient (Wildman–Crippen LogP) is 4.41. The molecule has 0 bridgehead atoms. The van der Waals surface area contributed by atoms with Crippen molar-refractivity contribution in [2.45, 2.75) is 20.4 Å². The van der Waals surface area contributed by atoms with E-state index in [0.29, 0.717) is 17.3 Å². The highest BCUT2D eigenvalue weighted by Crippen LogP contribution is 2.28. The van der Waals surface area contributed by atoms with Gasteiger partial charge in [0.2, 0.25) is 5.91 Å². The third-order valence-corrected chi connectivity index (χ3v) is 4.19. The van der Waals surface area contributed by atoms with Crippen molar-refractivity contribution >= 4 is 17.3 Å². The first-order valence-electron chi connectivity index (χ1n) is 8.39. The zero-order valence-corrected chi connectivity index (χ0v) is 14.8. The van der Waals surface area contributed by atoms with Gasteiger partial charge in [-0.3, -0.25) is 15.0 Å². The summed E-state index contributed by atoms with van der Waals surface area (Å²) < 4.78 is 0. The lowest BCUT2D eigenvalue weighted by Crippen LogP contribution is -2.25. The summed E-state index contributed by atoms with van der Waals surface area (Å²) in [5, 5.41) is 14.3. The van der Waals surface area contributed by atoms with Crippen LogP contribution in [0.25, 0.3) is 11.3 Å². The second kappa shape index (κ2) is 7.80. The highest BCUT2D eigenvalue weighted by Gasteiger charge is 2.15. The van der Waals surface area contributed by atoms with Crippen molar-refractivity contribution < 1.29 is 10.0 Å². The van der Waals surface area contributed by atoms with Crippen LogP contribution in [0.1, 0.15) is 18.1 Å². The van der Waals surface area contributed by atoms with Crippen LogP contribution in [0.2, 0.25) is 0 Å². The molecule has 1 heterocycles. The van der Waals surface area contributed by atoms with E-state index in [1.54, 1.807) is 12.3 Å². The Kier molecular flexibility index (Phi) is 5.29. The van der Waals surface area contributed by atoms with E-state index in [1.807, 2.05) is 61.5 Å². The van der Waals surface area contributed by atoms with E-state index in [4.69, 9.17) is 0 Å². The van der Waals surface area contributed by atoms with Crippen LogP contribution >= 0.6 is 0 Å². The molecule has 3 rings (SSSR count). The number of nitrogens with one attached hydrogen (secondary N) is 1. The quantitative estimate of drug-likeness (QED) is 0.530. The van der Waals surface area contributed by atoms with Gasteiger partial charge in [0.25, 0.3) is 0 Å². The van der Waals surface area contributed by atoms with Crippen LogP contribution in [0.4, 0.5) is 11.4 Å². The van der Waals surface area contributed by atoms with E-state index < -0.39 is 5.91 Å². The first kappa shape index (κ1) is 17.6. The van der Waals surface area contributed by atoms with Crippen molar-refractivity contribution in [1.29, 1.82) is 0 Å². The Morgan fingerprint density at radius 3 is 2.58 bits per heavy atom. The minimum atomic E-state index is -0.444. The fourth-order valence-electron chi connectivity index (χ4n) is 2.73. The van der Waals surface area contributed by atoms with E-state index in [9.17, 15) is 10.0 Å². The first-order chi connectivity index (χ1) is 12.6. The Balaban J connectivity index is 1.93. The van der Waals surface area contributed by atoms with E-state index in [1.165, 1.54) is 6.92 Å². The largest absolute Gasteiger partial charge is 0.381 e. The maximum atomic E-state index is 11.7. The number of carbonyl (C=O) groups is 1. The highest BCUT2D eigenvalue weighted by molar-refractivity contribution is 5.90. The normalized spacial score (nSPS) is 10.4. The fraction of sp³-hybridized carbons (Fsp3) is 0.143. The van der Waals surface area contributed by atoms with Gasteiger partial charge in [0.1, 0.15) is 0 Å². The number of amides is 1. The van der Waals surface area contributed by atoms with Crippen LogP contribution < -0.4 is 10.4 Å². The average molecular weight is 347 g/mol. The van der Waals surface area contributed by atoms with Crippen LogP contribution in [0, 0.1) is 6.92 Å². The van der Waals surface area contributed by atoms with Gasteiger partial charge in [-0.1, -0.05) is 36.4 Å². The van der Waals surface area contributed by atoms with E-state index in [-0.39, 0.29) is 0 Å². The SMILES string of the molecule is CC(=O)N(O)c1cc(-c2ccccn2)ccc1CNc1ccccc1C. The van der Waals surface area contributed by atoms with Crippen molar-refractivity contribution in [3.8, 4) is 11.3 Å². The lowest BCUT2D eigenvalue weighted by molar-refractivity contribution is -0.121. The maximum Gasteiger partial charge on any atom is 0.247 e. The number of anilines is 2. The molecule has 2 aromatic carbocycles. The molecule has 0 aliphatic rings. The Morgan fingerprint density at radius 2 is 1.88 bits per heavy atom. The topological polar surface area (TPSA) is 65.5 Å². The number of pyridine rings is 1. The number of hydrogen-bond acceptors (Lipinski definition) is 4. The van der Waals surface area contributed by atoms with Gasteiger partial charge < -0.3 is 5.32 Å². The van der Waals surface area contributed by atoms with Gasteiger partial charge in [-0.25, -0.2) is 0 Å². The molecule has 0 spiro atoms. The summed E-state index contributed by atoms with van der Waals surface area (Å²) in [6, 6.07) is 19.2. The summed E-state index contributed by atoms with van der Waals surface area (Å²) in [6.07, 6.45) is 1.71. The van der Waals surface area contributed by atoms with Gasteiger partial charge in [-0.05, 0) is 42.3 Å². The van der Waals surface area contributed by atoms with Gasteiger partial charge in [0.05, 0.1) is 11.4 Å². The molecule has 0 atom stereocenters. The number of carbonyl (C=O) groups excluding carboxylic acids is 1. The van der Waals surface area contributed by atoms with Crippen LogP contribution in [-0.4, -0.2) is 16.1 Å². The van der Waals surface area contributed by atoms with Gasteiger partial charge in [-0.15, -0.1) is 0 Å². The number of rotatable bonds is 5. The van der Waals surface area contributed by atoms with Crippen LogP contribution in [0.5, 0.6) is 0 Å². The summed E-state index contributed by atoms with van der Waals surface area (Å²) in [4.78, 5) is 16.0. The molecule has 5 nitrogen and oxygen atoms in total. The van der Waals surface area contributed by atoms with Crippen molar-refractivity contribution in [2.75, 3.05) is 10.4 Å². The summed E-state index contributed by atoms with van der Waals surface area (Å²) >= 11 is 0. The Labute approximate surface area is 152 Å².